The molecule has 0 saturated carbocycles. The Hall–Kier alpha value is -2.11. The molecule has 3 heterocycles. The summed E-state index contributed by atoms with van der Waals surface area (Å²) in [5, 5.41) is 2.93. The smallest absolute Gasteiger partial charge is 0.287 e. The molecule has 1 aromatic heterocycles. The molecule has 2 fully saturated rings. The molecular weight excluding hydrogens is 340 g/mol. The Morgan fingerprint density at radius 2 is 1.93 bits per heavy atom. The number of hydrogen-bond acceptors (Lipinski definition) is 4. The van der Waals surface area contributed by atoms with E-state index in [2.05, 4.69) is 40.5 Å². The van der Waals surface area contributed by atoms with Crippen LogP contribution in [-0.4, -0.2) is 48.7 Å². The highest BCUT2D eigenvalue weighted by Gasteiger charge is 2.42. The predicted molar refractivity (Wildman–Crippen MR) is 104 cm³/mol. The first-order chi connectivity index (χ1) is 13.2. The third kappa shape index (κ3) is 4.60. The van der Waals surface area contributed by atoms with E-state index in [9.17, 15) is 4.79 Å². The lowest BCUT2D eigenvalue weighted by Crippen LogP contribution is -2.45. The van der Waals surface area contributed by atoms with E-state index in [1.54, 1.807) is 12.1 Å². The van der Waals surface area contributed by atoms with Gasteiger partial charge in [-0.3, -0.25) is 4.79 Å². The van der Waals surface area contributed by atoms with Crippen molar-refractivity contribution in [3.8, 4) is 0 Å². The van der Waals surface area contributed by atoms with Gasteiger partial charge in [0.2, 0.25) is 0 Å². The number of ether oxygens (including phenoxy) is 1. The number of carbonyl (C=O) groups is 1. The Kier molecular flexibility index (Phi) is 5.60. The van der Waals surface area contributed by atoms with Crippen molar-refractivity contribution in [3.05, 3.63) is 60.1 Å². The lowest BCUT2D eigenvalue weighted by Gasteiger charge is -2.39. The molecule has 5 nitrogen and oxygen atoms in total. The Balaban J connectivity index is 1.19. The molecule has 0 bridgehead atoms. The second-order valence-electron chi connectivity index (χ2n) is 7.73. The number of nitrogens with zero attached hydrogens (tertiary/aromatic N) is 1. The summed E-state index contributed by atoms with van der Waals surface area (Å²) in [6.45, 7) is 3.86. The Bertz CT molecular complexity index is 721. The molecule has 27 heavy (non-hydrogen) atoms. The van der Waals surface area contributed by atoms with Crippen molar-refractivity contribution in [2.24, 2.45) is 0 Å². The molecule has 1 amide bonds. The number of rotatable bonds is 6. The number of amides is 1. The van der Waals surface area contributed by atoms with Crippen molar-refractivity contribution in [1.82, 2.24) is 10.2 Å². The highest BCUT2D eigenvalue weighted by Crippen LogP contribution is 2.38. The lowest BCUT2D eigenvalue weighted by atomic mass is 9.88. The van der Waals surface area contributed by atoms with Gasteiger partial charge in [-0.05, 0) is 49.8 Å². The Morgan fingerprint density at radius 1 is 1.11 bits per heavy atom. The molecule has 2 aliphatic heterocycles. The zero-order valence-corrected chi connectivity index (χ0v) is 15.7. The van der Waals surface area contributed by atoms with Gasteiger partial charge in [0.15, 0.2) is 5.76 Å². The number of likely N-dealkylation sites (tertiary alicyclic amines) is 1. The maximum absolute atomic E-state index is 12.0. The molecule has 1 aromatic carbocycles. The second kappa shape index (κ2) is 8.28. The predicted octanol–water partition coefficient (Wildman–Crippen LogP) is 3.27. The van der Waals surface area contributed by atoms with Crippen molar-refractivity contribution in [2.75, 3.05) is 26.2 Å². The molecule has 144 valence electrons. The fraction of sp³-hybridized carbons (Fsp3) is 0.500. The molecule has 4 rings (SSSR count). The number of benzene rings is 1. The molecule has 0 unspecified atom stereocenters. The summed E-state index contributed by atoms with van der Waals surface area (Å²) in [4.78, 5) is 14.5. The molecule has 2 aromatic rings. The monoisotopic (exact) mass is 368 g/mol. The van der Waals surface area contributed by atoms with Crippen LogP contribution in [-0.2, 0) is 11.2 Å². The average Bonchev–Trinajstić information content (AvgIpc) is 3.38. The number of hydrogen-bond donors (Lipinski definition) is 1. The molecule has 1 spiro atoms. The van der Waals surface area contributed by atoms with Gasteiger partial charge in [-0.15, -0.1) is 0 Å². The fourth-order valence-corrected chi connectivity index (χ4v) is 4.22. The van der Waals surface area contributed by atoms with Gasteiger partial charge in [0.05, 0.1) is 18.0 Å². The van der Waals surface area contributed by atoms with Crippen molar-refractivity contribution >= 4 is 5.91 Å². The van der Waals surface area contributed by atoms with E-state index in [0.717, 1.165) is 51.7 Å². The molecule has 1 atom stereocenters. The number of furan rings is 1. The van der Waals surface area contributed by atoms with E-state index in [4.69, 9.17) is 9.15 Å². The molecule has 2 saturated heterocycles. The maximum atomic E-state index is 12.0. The quantitative estimate of drug-likeness (QED) is 0.850. The summed E-state index contributed by atoms with van der Waals surface area (Å²) < 4.78 is 11.5. The van der Waals surface area contributed by atoms with Gasteiger partial charge < -0.3 is 19.4 Å². The van der Waals surface area contributed by atoms with Gasteiger partial charge in [-0.1, -0.05) is 30.3 Å². The summed E-state index contributed by atoms with van der Waals surface area (Å²) in [5.41, 5.74) is 1.42. The summed E-state index contributed by atoms with van der Waals surface area (Å²) >= 11 is 0. The van der Waals surface area contributed by atoms with Crippen molar-refractivity contribution < 1.29 is 13.9 Å². The zero-order chi connectivity index (χ0) is 18.5. The van der Waals surface area contributed by atoms with Crippen molar-refractivity contribution in [2.45, 2.75) is 43.8 Å². The van der Waals surface area contributed by atoms with E-state index in [1.165, 1.54) is 11.8 Å². The third-order valence-electron chi connectivity index (χ3n) is 5.90. The minimum absolute atomic E-state index is 0.0172. The largest absolute Gasteiger partial charge is 0.459 e. The summed E-state index contributed by atoms with van der Waals surface area (Å²) in [6.07, 6.45) is 7.02. The van der Waals surface area contributed by atoms with E-state index in [1.807, 2.05) is 0 Å². The first-order valence-electron chi connectivity index (χ1n) is 9.98. The summed E-state index contributed by atoms with van der Waals surface area (Å²) in [6, 6.07) is 14.1. The number of carbonyl (C=O) groups excluding carboxylic acids is 1. The molecular formula is C22H28N2O3. The number of nitrogens with one attached hydrogen (secondary N) is 1. The average molecular weight is 368 g/mol. The van der Waals surface area contributed by atoms with E-state index in [0.29, 0.717) is 12.3 Å². The van der Waals surface area contributed by atoms with Gasteiger partial charge in [0.1, 0.15) is 0 Å². The van der Waals surface area contributed by atoms with Gasteiger partial charge in [0, 0.05) is 26.2 Å². The Morgan fingerprint density at radius 3 is 2.67 bits per heavy atom. The third-order valence-corrected chi connectivity index (χ3v) is 5.90. The summed E-state index contributed by atoms with van der Waals surface area (Å²) in [7, 11) is 0. The van der Waals surface area contributed by atoms with Gasteiger partial charge in [-0.2, -0.15) is 0 Å². The first kappa shape index (κ1) is 18.3. The fourth-order valence-electron chi connectivity index (χ4n) is 4.22. The van der Waals surface area contributed by atoms with Crippen LogP contribution in [0.4, 0.5) is 0 Å². The molecule has 5 heteroatoms. The van der Waals surface area contributed by atoms with Gasteiger partial charge in [0.25, 0.3) is 5.91 Å². The van der Waals surface area contributed by atoms with Crippen LogP contribution < -0.4 is 5.32 Å². The van der Waals surface area contributed by atoms with Crippen LogP contribution in [0.2, 0.25) is 0 Å². The highest BCUT2D eigenvalue weighted by atomic mass is 16.5. The van der Waals surface area contributed by atoms with E-state index < -0.39 is 0 Å². The standard InChI is InChI=1S/C22H28N2O3/c25-21(20-7-4-16-26-20)23-17-19-8-10-22(27-19)11-14-24(15-12-22)13-9-18-5-2-1-3-6-18/h1-7,16,19H,8-15,17H2,(H,23,25)/t19-/m0/s1. The molecule has 0 radical (unpaired) electrons. The van der Waals surface area contributed by atoms with Crippen LogP contribution >= 0.6 is 0 Å². The summed E-state index contributed by atoms with van der Waals surface area (Å²) in [5.74, 6) is 0.190. The number of piperidine rings is 1. The van der Waals surface area contributed by atoms with Crippen LogP contribution in [0.3, 0.4) is 0 Å². The highest BCUT2D eigenvalue weighted by molar-refractivity contribution is 5.91. The zero-order valence-electron chi connectivity index (χ0n) is 15.7. The maximum Gasteiger partial charge on any atom is 0.287 e. The van der Waals surface area contributed by atoms with Crippen LogP contribution in [0.15, 0.2) is 53.1 Å². The van der Waals surface area contributed by atoms with E-state index in [-0.39, 0.29) is 17.6 Å². The SMILES string of the molecule is O=C(NC[C@@H]1CCC2(CCN(CCc3ccccc3)CC2)O1)c1ccco1. The van der Waals surface area contributed by atoms with E-state index >= 15 is 0 Å². The minimum atomic E-state index is -0.166. The van der Waals surface area contributed by atoms with Crippen LogP contribution in [0.1, 0.15) is 41.8 Å². The van der Waals surface area contributed by atoms with Crippen LogP contribution in [0, 0.1) is 0 Å². The molecule has 0 aliphatic carbocycles. The van der Waals surface area contributed by atoms with Crippen LogP contribution in [0.25, 0.3) is 0 Å². The normalized spacial score (nSPS) is 22.1. The second-order valence-corrected chi connectivity index (χ2v) is 7.73. The lowest BCUT2D eigenvalue weighted by molar-refractivity contribution is -0.0752. The molecule has 2 aliphatic rings. The molecule has 1 N–H and O–H groups in total. The van der Waals surface area contributed by atoms with Crippen molar-refractivity contribution in [1.29, 1.82) is 0 Å². The first-order valence-corrected chi connectivity index (χ1v) is 9.98. The van der Waals surface area contributed by atoms with Crippen LogP contribution in [0.5, 0.6) is 0 Å². The van der Waals surface area contributed by atoms with Gasteiger partial charge >= 0.3 is 0 Å². The minimum Gasteiger partial charge on any atom is -0.459 e. The van der Waals surface area contributed by atoms with Crippen molar-refractivity contribution in [3.63, 3.8) is 0 Å². The van der Waals surface area contributed by atoms with Gasteiger partial charge in [-0.25, -0.2) is 0 Å². The Labute approximate surface area is 160 Å². The topological polar surface area (TPSA) is 54.7 Å².